The van der Waals surface area contributed by atoms with Crippen LogP contribution in [0.1, 0.15) is 52.9 Å². The summed E-state index contributed by atoms with van der Waals surface area (Å²) < 4.78 is 5.51. The van der Waals surface area contributed by atoms with Crippen molar-refractivity contribution in [1.82, 2.24) is 0 Å². The molecule has 108 valence electrons. The number of anilines is 2. The van der Waals surface area contributed by atoms with Crippen molar-refractivity contribution in [3.8, 4) is 5.75 Å². The van der Waals surface area contributed by atoms with Gasteiger partial charge in [0.1, 0.15) is 5.75 Å². The Morgan fingerprint density at radius 3 is 2.68 bits per heavy atom. The van der Waals surface area contributed by atoms with E-state index in [0.717, 1.165) is 11.4 Å². The van der Waals surface area contributed by atoms with Crippen LogP contribution in [0.5, 0.6) is 5.75 Å². The topological polar surface area (TPSA) is 47.3 Å². The summed E-state index contributed by atoms with van der Waals surface area (Å²) in [5, 5.41) is 3.48. The van der Waals surface area contributed by atoms with Crippen LogP contribution >= 0.6 is 0 Å². The average Bonchev–Trinajstić information content (AvgIpc) is 2.40. The molecule has 0 bridgehead atoms. The molecular weight excluding hydrogens is 236 g/mol. The molecule has 1 unspecified atom stereocenters. The number of hydrogen-bond acceptors (Lipinski definition) is 3. The molecule has 0 aliphatic rings. The van der Waals surface area contributed by atoms with Crippen molar-refractivity contribution in [1.29, 1.82) is 0 Å². The number of nitrogens with one attached hydrogen (secondary N) is 1. The molecule has 3 nitrogen and oxygen atoms in total. The fourth-order valence-corrected chi connectivity index (χ4v) is 2.17. The minimum Gasteiger partial charge on any atom is -0.492 e. The van der Waals surface area contributed by atoms with E-state index in [1.807, 2.05) is 25.1 Å². The summed E-state index contributed by atoms with van der Waals surface area (Å²) in [6, 6.07) is 6.35. The highest BCUT2D eigenvalue weighted by Gasteiger charge is 2.08. The van der Waals surface area contributed by atoms with Gasteiger partial charge in [-0.25, -0.2) is 0 Å². The first-order chi connectivity index (χ1) is 9.19. The Morgan fingerprint density at radius 1 is 1.21 bits per heavy atom. The third-order valence-corrected chi connectivity index (χ3v) is 3.26. The van der Waals surface area contributed by atoms with Gasteiger partial charge < -0.3 is 15.8 Å². The first-order valence-corrected chi connectivity index (χ1v) is 7.46. The van der Waals surface area contributed by atoms with Gasteiger partial charge in [-0.1, -0.05) is 38.7 Å². The summed E-state index contributed by atoms with van der Waals surface area (Å²) in [5.41, 5.74) is 7.80. The summed E-state index contributed by atoms with van der Waals surface area (Å²) in [6.07, 6.45) is 6.38. The Bertz CT molecular complexity index is 366. The van der Waals surface area contributed by atoms with E-state index in [1.54, 1.807) is 0 Å². The lowest BCUT2D eigenvalue weighted by atomic mass is 10.1. The summed E-state index contributed by atoms with van der Waals surface area (Å²) in [6.45, 7) is 7.05. The van der Waals surface area contributed by atoms with Gasteiger partial charge in [-0.3, -0.25) is 0 Å². The van der Waals surface area contributed by atoms with Gasteiger partial charge in [-0.2, -0.15) is 0 Å². The van der Waals surface area contributed by atoms with Crippen LogP contribution < -0.4 is 15.8 Å². The summed E-state index contributed by atoms with van der Waals surface area (Å²) in [5.74, 6) is 0.769. The maximum atomic E-state index is 6.11. The van der Waals surface area contributed by atoms with E-state index in [1.165, 1.54) is 32.1 Å². The van der Waals surface area contributed by atoms with Crippen molar-refractivity contribution in [2.75, 3.05) is 17.7 Å². The van der Waals surface area contributed by atoms with Gasteiger partial charge in [-0.05, 0) is 32.4 Å². The predicted molar refractivity (Wildman–Crippen MR) is 83.9 cm³/mol. The summed E-state index contributed by atoms with van der Waals surface area (Å²) >= 11 is 0. The molecule has 3 heteroatoms. The zero-order chi connectivity index (χ0) is 14.1. The number of unbranched alkanes of at least 4 members (excludes halogenated alkanes) is 3. The number of rotatable bonds is 9. The van der Waals surface area contributed by atoms with Gasteiger partial charge in [0.05, 0.1) is 18.0 Å². The lowest BCUT2D eigenvalue weighted by molar-refractivity contribution is 0.342. The zero-order valence-corrected chi connectivity index (χ0v) is 12.5. The second-order valence-electron chi connectivity index (χ2n) is 5.05. The molecule has 1 rings (SSSR count). The predicted octanol–water partition coefficient (Wildman–Crippen LogP) is 4.44. The van der Waals surface area contributed by atoms with Gasteiger partial charge in [0.15, 0.2) is 0 Å². The molecule has 0 aliphatic heterocycles. The lowest BCUT2D eigenvalue weighted by Crippen LogP contribution is -2.16. The second kappa shape index (κ2) is 8.68. The SMILES string of the molecule is CCCCCCC(C)Nc1cccc(OCC)c1N. The monoisotopic (exact) mass is 264 g/mol. The van der Waals surface area contributed by atoms with Crippen molar-refractivity contribution in [2.45, 2.75) is 58.9 Å². The molecule has 0 heterocycles. The third-order valence-electron chi connectivity index (χ3n) is 3.26. The van der Waals surface area contributed by atoms with Crippen molar-refractivity contribution in [3.63, 3.8) is 0 Å². The summed E-state index contributed by atoms with van der Waals surface area (Å²) in [4.78, 5) is 0. The molecule has 0 fully saturated rings. The van der Waals surface area contributed by atoms with Crippen LogP contribution in [-0.4, -0.2) is 12.6 Å². The van der Waals surface area contributed by atoms with Crippen LogP contribution in [0.2, 0.25) is 0 Å². The molecule has 1 aromatic rings. The quantitative estimate of drug-likeness (QED) is 0.512. The highest BCUT2D eigenvalue weighted by molar-refractivity contribution is 5.73. The largest absolute Gasteiger partial charge is 0.492 e. The van der Waals surface area contributed by atoms with Gasteiger partial charge in [-0.15, -0.1) is 0 Å². The van der Waals surface area contributed by atoms with Crippen LogP contribution in [0.15, 0.2) is 18.2 Å². The van der Waals surface area contributed by atoms with Crippen molar-refractivity contribution in [2.24, 2.45) is 0 Å². The average molecular weight is 264 g/mol. The van der Waals surface area contributed by atoms with Crippen molar-refractivity contribution >= 4 is 11.4 Å². The first kappa shape index (κ1) is 15.7. The van der Waals surface area contributed by atoms with E-state index in [4.69, 9.17) is 10.5 Å². The Labute approximate surface area is 117 Å². The Morgan fingerprint density at radius 2 is 2.00 bits per heavy atom. The molecule has 0 radical (unpaired) electrons. The van der Waals surface area contributed by atoms with E-state index in [-0.39, 0.29) is 0 Å². The number of hydrogen-bond donors (Lipinski definition) is 2. The smallest absolute Gasteiger partial charge is 0.144 e. The minimum absolute atomic E-state index is 0.441. The number of benzene rings is 1. The Balaban J connectivity index is 2.49. The minimum atomic E-state index is 0.441. The Hall–Kier alpha value is -1.38. The Kier molecular flexibility index (Phi) is 7.16. The van der Waals surface area contributed by atoms with E-state index in [2.05, 4.69) is 19.2 Å². The normalized spacial score (nSPS) is 12.2. The van der Waals surface area contributed by atoms with Crippen molar-refractivity contribution < 1.29 is 4.74 Å². The van der Waals surface area contributed by atoms with Gasteiger partial charge in [0, 0.05) is 6.04 Å². The fraction of sp³-hybridized carbons (Fsp3) is 0.625. The molecule has 0 aromatic heterocycles. The van der Waals surface area contributed by atoms with Gasteiger partial charge >= 0.3 is 0 Å². The number of nitrogen functional groups attached to an aromatic ring is 1. The van der Waals surface area contributed by atoms with E-state index >= 15 is 0 Å². The molecule has 0 saturated carbocycles. The second-order valence-corrected chi connectivity index (χ2v) is 5.05. The zero-order valence-electron chi connectivity index (χ0n) is 12.5. The van der Waals surface area contributed by atoms with Crippen LogP contribution in [-0.2, 0) is 0 Å². The van der Waals surface area contributed by atoms with Crippen LogP contribution in [0.4, 0.5) is 11.4 Å². The maximum Gasteiger partial charge on any atom is 0.144 e. The molecule has 0 aliphatic carbocycles. The summed E-state index contributed by atoms with van der Waals surface area (Å²) in [7, 11) is 0. The number of nitrogens with two attached hydrogens (primary N) is 1. The van der Waals surface area contributed by atoms with Crippen LogP contribution in [0.3, 0.4) is 0 Å². The van der Waals surface area contributed by atoms with Crippen LogP contribution in [0.25, 0.3) is 0 Å². The fourth-order valence-electron chi connectivity index (χ4n) is 2.17. The highest BCUT2D eigenvalue weighted by Crippen LogP contribution is 2.30. The highest BCUT2D eigenvalue weighted by atomic mass is 16.5. The van der Waals surface area contributed by atoms with E-state index < -0.39 is 0 Å². The van der Waals surface area contributed by atoms with E-state index in [9.17, 15) is 0 Å². The molecule has 1 atom stereocenters. The molecule has 19 heavy (non-hydrogen) atoms. The number of para-hydroxylation sites is 1. The first-order valence-electron chi connectivity index (χ1n) is 7.46. The molecule has 0 amide bonds. The lowest BCUT2D eigenvalue weighted by Gasteiger charge is -2.18. The van der Waals surface area contributed by atoms with E-state index in [0.29, 0.717) is 18.3 Å². The molecule has 0 spiro atoms. The molecular formula is C16H28N2O. The third kappa shape index (κ3) is 5.41. The molecule has 1 aromatic carbocycles. The maximum absolute atomic E-state index is 6.11. The van der Waals surface area contributed by atoms with Gasteiger partial charge in [0.25, 0.3) is 0 Å². The molecule has 3 N–H and O–H groups in total. The van der Waals surface area contributed by atoms with Crippen molar-refractivity contribution in [3.05, 3.63) is 18.2 Å². The van der Waals surface area contributed by atoms with Gasteiger partial charge in [0.2, 0.25) is 0 Å². The standard InChI is InChI=1S/C16H28N2O/c1-4-6-7-8-10-13(3)18-14-11-9-12-15(16(14)17)19-5-2/h9,11-13,18H,4-8,10,17H2,1-3H3. The molecule has 0 saturated heterocycles. The van der Waals surface area contributed by atoms with Crippen LogP contribution in [0, 0.1) is 0 Å². The number of ether oxygens (including phenoxy) is 1.